The Bertz CT molecular complexity index is 1060. The highest BCUT2D eigenvalue weighted by molar-refractivity contribution is 5.95. The Morgan fingerprint density at radius 2 is 1.69 bits per heavy atom. The van der Waals surface area contributed by atoms with E-state index < -0.39 is 11.6 Å². The Kier molecular flexibility index (Phi) is 5.72. The molecule has 3 aromatic rings. The molecule has 152 valence electrons. The quantitative estimate of drug-likeness (QED) is 0.655. The van der Waals surface area contributed by atoms with Gasteiger partial charge in [-0.2, -0.15) is 5.10 Å². The molecule has 29 heavy (non-hydrogen) atoms. The normalized spacial score (nSPS) is 11.0. The molecule has 0 radical (unpaired) electrons. The predicted molar refractivity (Wildman–Crippen MR) is 106 cm³/mol. The number of aromatic nitrogens is 4. The minimum atomic E-state index is -0.985. The van der Waals surface area contributed by atoms with E-state index in [4.69, 9.17) is 0 Å². The van der Waals surface area contributed by atoms with Gasteiger partial charge in [0, 0.05) is 40.9 Å². The monoisotopic (exact) mass is 399 g/mol. The molecule has 1 aromatic carbocycles. The van der Waals surface area contributed by atoms with Crippen LogP contribution in [-0.4, -0.2) is 32.2 Å². The van der Waals surface area contributed by atoms with Crippen molar-refractivity contribution in [2.45, 2.75) is 41.0 Å². The fraction of sp³-hybridized carbons (Fsp3) is 0.333. The zero-order valence-electron chi connectivity index (χ0n) is 17.1. The number of benzene rings is 1. The Morgan fingerprint density at radius 1 is 1.03 bits per heavy atom. The van der Waals surface area contributed by atoms with Crippen LogP contribution in [0.1, 0.15) is 35.3 Å². The van der Waals surface area contributed by atoms with Crippen molar-refractivity contribution in [2.24, 2.45) is 0 Å². The highest BCUT2D eigenvalue weighted by Crippen LogP contribution is 2.22. The second-order valence-corrected chi connectivity index (χ2v) is 6.93. The van der Waals surface area contributed by atoms with Crippen molar-refractivity contribution in [2.75, 3.05) is 11.4 Å². The number of aryl methyl sites for hydroxylation is 3. The van der Waals surface area contributed by atoms with E-state index in [0.29, 0.717) is 23.9 Å². The van der Waals surface area contributed by atoms with E-state index in [1.807, 2.05) is 33.8 Å². The van der Waals surface area contributed by atoms with Crippen LogP contribution in [0.15, 0.2) is 24.3 Å². The van der Waals surface area contributed by atoms with Gasteiger partial charge < -0.3 is 4.90 Å². The Labute approximate surface area is 168 Å². The van der Waals surface area contributed by atoms with Crippen molar-refractivity contribution in [3.63, 3.8) is 0 Å². The lowest BCUT2D eigenvalue weighted by molar-refractivity contribution is -0.118. The molecule has 0 aliphatic heterocycles. The third-order valence-corrected chi connectivity index (χ3v) is 4.76. The van der Waals surface area contributed by atoms with Crippen molar-refractivity contribution in [3.8, 4) is 5.95 Å². The largest absolute Gasteiger partial charge is 0.312 e. The maximum Gasteiger partial charge on any atom is 0.251 e. The van der Waals surface area contributed by atoms with Gasteiger partial charge in [-0.1, -0.05) is 0 Å². The van der Waals surface area contributed by atoms with Crippen molar-refractivity contribution in [1.29, 1.82) is 0 Å². The topological polar surface area (TPSA) is 63.9 Å². The molecule has 0 fully saturated rings. The Morgan fingerprint density at radius 3 is 2.28 bits per heavy atom. The van der Waals surface area contributed by atoms with Crippen LogP contribution in [0.2, 0.25) is 0 Å². The SMILES string of the molecule is CCN(C(=O)Cc1c(C)nn(-c2nc(C)cc(C)n2)c1C)c1ccc(F)c(F)c1. The van der Waals surface area contributed by atoms with Gasteiger partial charge in [-0.25, -0.2) is 23.4 Å². The summed E-state index contributed by atoms with van der Waals surface area (Å²) >= 11 is 0. The summed E-state index contributed by atoms with van der Waals surface area (Å²) < 4.78 is 28.5. The van der Waals surface area contributed by atoms with Gasteiger partial charge in [0.1, 0.15) is 0 Å². The van der Waals surface area contributed by atoms with E-state index >= 15 is 0 Å². The molecule has 0 bridgehead atoms. The molecule has 0 aliphatic rings. The highest BCUT2D eigenvalue weighted by atomic mass is 19.2. The van der Waals surface area contributed by atoms with E-state index in [2.05, 4.69) is 15.1 Å². The number of nitrogens with zero attached hydrogens (tertiary/aromatic N) is 5. The molecular weight excluding hydrogens is 376 g/mol. The van der Waals surface area contributed by atoms with E-state index in [1.54, 1.807) is 11.6 Å². The van der Waals surface area contributed by atoms with Gasteiger partial charge in [-0.3, -0.25) is 4.79 Å². The number of likely N-dealkylation sites (N-methyl/N-ethyl adjacent to an activating group) is 1. The minimum absolute atomic E-state index is 0.0787. The third-order valence-electron chi connectivity index (χ3n) is 4.76. The molecule has 0 N–H and O–H groups in total. The van der Waals surface area contributed by atoms with Gasteiger partial charge >= 0.3 is 0 Å². The first-order valence-corrected chi connectivity index (χ1v) is 9.34. The van der Waals surface area contributed by atoms with Crippen LogP contribution in [0.25, 0.3) is 5.95 Å². The molecule has 8 heteroatoms. The first-order valence-electron chi connectivity index (χ1n) is 9.34. The van der Waals surface area contributed by atoms with Crippen LogP contribution in [0.4, 0.5) is 14.5 Å². The average molecular weight is 399 g/mol. The Hall–Kier alpha value is -3.16. The summed E-state index contributed by atoms with van der Waals surface area (Å²) in [5.74, 6) is -1.71. The molecule has 3 rings (SSSR count). The van der Waals surface area contributed by atoms with Crippen molar-refractivity contribution in [1.82, 2.24) is 19.7 Å². The van der Waals surface area contributed by atoms with Crippen molar-refractivity contribution >= 4 is 11.6 Å². The van der Waals surface area contributed by atoms with Crippen LogP contribution in [0.5, 0.6) is 0 Å². The first kappa shape index (κ1) is 20.6. The zero-order valence-corrected chi connectivity index (χ0v) is 17.1. The minimum Gasteiger partial charge on any atom is -0.312 e. The van der Waals surface area contributed by atoms with Gasteiger partial charge in [0.25, 0.3) is 5.95 Å². The predicted octanol–water partition coefficient (Wildman–Crippen LogP) is 3.77. The van der Waals surface area contributed by atoms with Crippen LogP contribution < -0.4 is 4.90 Å². The summed E-state index contributed by atoms with van der Waals surface area (Å²) in [6.45, 7) is 9.56. The molecule has 6 nitrogen and oxygen atoms in total. The molecule has 0 atom stereocenters. The number of hydrogen-bond acceptors (Lipinski definition) is 4. The number of carbonyl (C=O) groups is 1. The lowest BCUT2D eigenvalue weighted by Gasteiger charge is -2.21. The number of anilines is 1. The third kappa shape index (κ3) is 4.16. The van der Waals surface area contributed by atoms with Crippen LogP contribution >= 0.6 is 0 Å². The van der Waals surface area contributed by atoms with Crippen molar-refractivity contribution in [3.05, 3.63) is 64.2 Å². The smallest absolute Gasteiger partial charge is 0.251 e. The fourth-order valence-electron chi connectivity index (χ4n) is 3.33. The van der Waals surface area contributed by atoms with E-state index in [9.17, 15) is 13.6 Å². The lowest BCUT2D eigenvalue weighted by atomic mass is 10.1. The molecule has 2 heterocycles. The molecule has 2 aromatic heterocycles. The summed E-state index contributed by atoms with van der Waals surface area (Å²) in [6, 6.07) is 5.32. The second kappa shape index (κ2) is 8.06. The molecule has 1 amide bonds. The standard InChI is InChI=1S/C21H23F2N5O/c1-6-27(16-7-8-18(22)19(23)10-16)20(29)11-17-14(4)26-28(15(17)5)21-24-12(2)9-13(3)25-21/h7-10H,6,11H2,1-5H3. The highest BCUT2D eigenvalue weighted by Gasteiger charge is 2.22. The maximum absolute atomic E-state index is 13.6. The summed E-state index contributed by atoms with van der Waals surface area (Å²) in [7, 11) is 0. The number of amides is 1. The van der Waals surface area contributed by atoms with Gasteiger partial charge in [0.15, 0.2) is 11.6 Å². The second-order valence-electron chi connectivity index (χ2n) is 6.93. The van der Waals surface area contributed by atoms with E-state index in [0.717, 1.165) is 34.8 Å². The van der Waals surface area contributed by atoms with Gasteiger partial charge in [0.2, 0.25) is 5.91 Å². The average Bonchev–Trinajstić information content (AvgIpc) is 2.92. The summed E-state index contributed by atoms with van der Waals surface area (Å²) in [5, 5.41) is 4.51. The summed E-state index contributed by atoms with van der Waals surface area (Å²) in [4.78, 5) is 23.2. The van der Waals surface area contributed by atoms with Crippen LogP contribution in [-0.2, 0) is 11.2 Å². The molecule has 0 unspecified atom stereocenters. The fourth-order valence-corrected chi connectivity index (χ4v) is 3.33. The van der Waals surface area contributed by atoms with Gasteiger partial charge in [0.05, 0.1) is 12.1 Å². The van der Waals surface area contributed by atoms with Gasteiger partial charge in [-0.05, 0) is 52.8 Å². The van der Waals surface area contributed by atoms with Crippen LogP contribution in [0.3, 0.4) is 0 Å². The summed E-state index contributed by atoms with van der Waals surface area (Å²) in [5.41, 5.74) is 4.19. The van der Waals surface area contributed by atoms with Gasteiger partial charge in [-0.15, -0.1) is 0 Å². The lowest BCUT2D eigenvalue weighted by Crippen LogP contribution is -2.32. The maximum atomic E-state index is 13.6. The number of rotatable bonds is 5. The number of hydrogen-bond donors (Lipinski definition) is 0. The Balaban J connectivity index is 1.92. The molecule has 0 saturated carbocycles. The number of halogens is 2. The summed E-state index contributed by atoms with van der Waals surface area (Å²) in [6.07, 6.45) is 0.0787. The first-order chi connectivity index (χ1) is 13.7. The van der Waals surface area contributed by atoms with Crippen molar-refractivity contribution < 1.29 is 13.6 Å². The number of carbonyl (C=O) groups excluding carboxylic acids is 1. The molecule has 0 saturated heterocycles. The van der Waals surface area contributed by atoms with E-state index in [-0.39, 0.29) is 12.3 Å². The zero-order chi connectivity index (χ0) is 21.3. The molecule has 0 aliphatic carbocycles. The molecule has 0 spiro atoms. The van der Waals surface area contributed by atoms with Crippen LogP contribution in [0, 0.1) is 39.3 Å². The van der Waals surface area contributed by atoms with E-state index in [1.165, 1.54) is 11.0 Å². The molecular formula is C21H23F2N5O.